The maximum absolute atomic E-state index is 12.4. The maximum atomic E-state index is 12.4. The predicted octanol–water partition coefficient (Wildman–Crippen LogP) is 2.41. The maximum Gasteiger partial charge on any atom is 0.316 e. The number of ether oxygens (including phenoxy) is 1. The van der Waals surface area contributed by atoms with Crippen LogP contribution in [0.5, 0.6) is 0 Å². The topological polar surface area (TPSA) is 48.3 Å². The minimum absolute atomic E-state index is 0.124. The van der Waals surface area contributed by atoms with Gasteiger partial charge in [0.1, 0.15) is 5.92 Å². The van der Waals surface area contributed by atoms with Crippen LogP contribution in [0.4, 0.5) is 0 Å². The average molecular weight is 257 g/mol. The summed E-state index contributed by atoms with van der Waals surface area (Å²) in [6.45, 7) is 2.74. The van der Waals surface area contributed by atoms with Crippen molar-refractivity contribution in [1.82, 2.24) is 4.57 Å². The Morgan fingerprint density at radius 3 is 3.00 bits per heavy atom. The number of para-hydroxylation sites is 1. The SMILES string of the molecule is CCOC(=O)[C@@H]1CCn2c(cc3ccccc32)C1=O. The summed E-state index contributed by atoms with van der Waals surface area (Å²) >= 11 is 0. The van der Waals surface area contributed by atoms with Crippen LogP contribution >= 0.6 is 0 Å². The first-order chi connectivity index (χ1) is 9.22. The first-order valence-electron chi connectivity index (χ1n) is 6.51. The number of Topliss-reactive ketones (excluding diaryl/α,β-unsaturated/α-hetero) is 1. The van der Waals surface area contributed by atoms with Gasteiger partial charge in [0.2, 0.25) is 0 Å². The normalized spacial score (nSPS) is 18.4. The van der Waals surface area contributed by atoms with Crippen molar-refractivity contribution >= 4 is 22.7 Å². The van der Waals surface area contributed by atoms with E-state index < -0.39 is 11.9 Å². The molecule has 19 heavy (non-hydrogen) atoms. The molecule has 2 heterocycles. The van der Waals surface area contributed by atoms with E-state index >= 15 is 0 Å². The number of nitrogens with zero attached hydrogens (tertiary/aromatic N) is 1. The van der Waals surface area contributed by atoms with E-state index in [1.165, 1.54) is 0 Å². The highest BCUT2D eigenvalue weighted by Crippen LogP contribution is 2.28. The number of benzene rings is 1. The van der Waals surface area contributed by atoms with E-state index in [0.717, 1.165) is 10.9 Å². The van der Waals surface area contributed by atoms with Gasteiger partial charge in [0, 0.05) is 17.4 Å². The van der Waals surface area contributed by atoms with E-state index in [1.807, 2.05) is 34.9 Å². The molecule has 2 aromatic rings. The highest BCUT2D eigenvalue weighted by Gasteiger charge is 2.34. The molecule has 1 atom stereocenters. The zero-order valence-electron chi connectivity index (χ0n) is 10.8. The minimum Gasteiger partial charge on any atom is -0.465 e. The van der Waals surface area contributed by atoms with Gasteiger partial charge in [-0.2, -0.15) is 0 Å². The third kappa shape index (κ3) is 1.84. The Bertz CT molecular complexity index is 656. The molecule has 1 aromatic heterocycles. The van der Waals surface area contributed by atoms with Crippen molar-refractivity contribution in [2.75, 3.05) is 6.61 Å². The van der Waals surface area contributed by atoms with Crippen LogP contribution < -0.4 is 0 Å². The molecule has 1 aliphatic heterocycles. The summed E-state index contributed by atoms with van der Waals surface area (Å²) in [4.78, 5) is 24.2. The quantitative estimate of drug-likeness (QED) is 0.613. The number of aromatic nitrogens is 1. The second-order valence-corrected chi connectivity index (χ2v) is 4.70. The molecule has 0 saturated carbocycles. The standard InChI is InChI=1S/C15H15NO3/c1-2-19-15(18)11-7-8-16-12-6-4-3-5-10(12)9-13(16)14(11)17/h3-6,9,11H,2,7-8H2,1H3/t11-/m1/s1. The summed E-state index contributed by atoms with van der Waals surface area (Å²) < 4.78 is 6.97. The third-order valence-electron chi connectivity index (χ3n) is 3.59. The zero-order chi connectivity index (χ0) is 13.4. The van der Waals surface area contributed by atoms with E-state index in [1.54, 1.807) is 6.92 Å². The van der Waals surface area contributed by atoms with Crippen molar-refractivity contribution in [3.8, 4) is 0 Å². The fraction of sp³-hybridized carbons (Fsp3) is 0.333. The van der Waals surface area contributed by atoms with Crippen LogP contribution in [0.25, 0.3) is 10.9 Å². The number of hydrogen-bond acceptors (Lipinski definition) is 3. The first kappa shape index (κ1) is 12.0. The van der Waals surface area contributed by atoms with Crippen molar-refractivity contribution in [2.45, 2.75) is 19.9 Å². The van der Waals surface area contributed by atoms with Crippen molar-refractivity contribution < 1.29 is 14.3 Å². The molecule has 0 radical (unpaired) electrons. The second kappa shape index (κ2) is 4.53. The minimum atomic E-state index is -0.642. The molecule has 0 spiro atoms. The van der Waals surface area contributed by atoms with Crippen molar-refractivity contribution in [1.29, 1.82) is 0 Å². The molecule has 1 aromatic carbocycles. The van der Waals surface area contributed by atoms with Gasteiger partial charge < -0.3 is 9.30 Å². The Labute approximate surface area is 111 Å². The van der Waals surface area contributed by atoms with E-state index in [0.29, 0.717) is 25.3 Å². The monoisotopic (exact) mass is 257 g/mol. The lowest BCUT2D eigenvalue weighted by molar-refractivity contribution is -0.146. The van der Waals surface area contributed by atoms with Crippen LogP contribution in [-0.4, -0.2) is 22.9 Å². The van der Waals surface area contributed by atoms with Crippen molar-refractivity contribution in [3.05, 3.63) is 36.0 Å². The van der Waals surface area contributed by atoms with E-state index in [4.69, 9.17) is 4.74 Å². The summed E-state index contributed by atoms with van der Waals surface area (Å²) in [6, 6.07) is 9.74. The molecule has 4 nitrogen and oxygen atoms in total. The zero-order valence-corrected chi connectivity index (χ0v) is 10.8. The Kier molecular flexibility index (Phi) is 2.85. The van der Waals surface area contributed by atoms with Gasteiger partial charge in [-0.25, -0.2) is 0 Å². The smallest absolute Gasteiger partial charge is 0.316 e. The number of rotatable bonds is 2. The van der Waals surface area contributed by atoms with Gasteiger partial charge in [-0.15, -0.1) is 0 Å². The van der Waals surface area contributed by atoms with Crippen LogP contribution in [0.1, 0.15) is 23.8 Å². The number of fused-ring (bicyclic) bond motifs is 3. The molecule has 1 aliphatic rings. The molecule has 4 heteroatoms. The summed E-state index contributed by atoms with van der Waals surface area (Å²) in [7, 11) is 0. The molecule has 98 valence electrons. The predicted molar refractivity (Wildman–Crippen MR) is 71.0 cm³/mol. The van der Waals surface area contributed by atoms with Gasteiger partial charge >= 0.3 is 5.97 Å². The molecule has 0 bridgehead atoms. The number of aryl methyl sites for hydroxylation is 1. The van der Waals surface area contributed by atoms with Crippen LogP contribution in [0.2, 0.25) is 0 Å². The van der Waals surface area contributed by atoms with Crippen LogP contribution in [-0.2, 0) is 16.1 Å². The molecule has 0 amide bonds. The van der Waals surface area contributed by atoms with Gasteiger partial charge in [0.25, 0.3) is 0 Å². The van der Waals surface area contributed by atoms with E-state index in [-0.39, 0.29) is 5.78 Å². The lowest BCUT2D eigenvalue weighted by atomic mass is 9.95. The first-order valence-corrected chi connectivity index (χ1v) is 6.51. The van der Waals surface area contributed by atoms with Gasteiger partial charge in [-0.3, -0.25) is 9.59 Å². The molecule has 0 N–H and O–H groups in total. The Hall–Kier alpha value is -2.10. The fourth-order valence-corrected chi connectivity index (χ4v) is 2.69. The Balaban J connectivity index is 2.02. The van der Waals surface area contributed by atoms with Gasteiger partial charge in [-0.05, 0) is 25.5 Å². The molecule has 0 aliphatic carbocycles. The highest BCUT2D eigenvalue weighted by atomic mass is 16.5. The number of carbonyl (C=O) groups excluding carboxylic acids is 2. The number of esters is 1. The van der Waals surface area contributed by atoms with Gasteiger partial charge in [0.15, 0.2) is 5.78 Å². The van der Waals surface area contributed by atoms with Crippen LogP contribution in [0.3, 0.4) is 0 Å². The molecule has 0 saturated heterocycles. The van der Waals surface area contributed by atoms with E-state index in [9.17, 15) is 9.59 Å². The van der Waals surface area contributed by atoms with Crippen molar-refractivity contribution in [3.63, 3.8) is 0 Å². The lowest BCUT2D eigenvalue weighted by Crippen LogP contribution is -2.33. The number of carbonyl (C=O) groups is 2. The molecule has 0 fully saturated rings. The van der Waals surface area contributed by atoms with Gasteiger partial charge in [-0.1, -0.05) is 18.2 Å². The summed E-state index contributed by atoms with van der Waals surface area (Å²) in [6.07, 6.45) is 0.517. The molecule has 3 rings (SSSR count). The van der Waals surface area contributed by atoms with Crippen molar-refractivity contribution in [2.24, 2.45) is 5.92 Å². The highest BCUT2D eigenvalue weighted by molar-refractivity contribution is 6.10. The largest absolute Gasteiger partial charge is 0.465 e. The average Bonchev–Trinajstić information content (AvgIpc) is 2.79. The van der Waals surface area contributed by atoms with Crippen LogP contribution in [0, 0.1) is 5.92 Å². The van der Waals surface area contributed by atoms with E-state index in [2.05, 4.69) is 0 Å². The fourth-order valence-electron chi connectivity index (χ4n) is 2.69. The molecular formula is C15H15NO3. The summed E-state index contributed by atoms with van der Waals surface area (Å²) in [5, 5.41) is 1.04. The summed E-state index contributed by atoms with van der Waals surface area (Å²) in [5.74, 6) is -1.17. The number of ketones is 1. The lowest BCUT2D eigenvalue weighted by Gasteiger charge is -2.22. The van der Waals surface area contributed by atoms with Crippen LogP contribution in [0.15, 0.2) is 30.3 Å². The third-order valence-corrected chi connectivity index (χ3v) is 3.59. The summed E-state index contributed by atoms with van der Waals surface area (Å²) in [5.41, 5.74) is 1.67. The Morgan fingerprint density at radius 1 is 1.42 bits per heavy atom. The molecule has 0 unspecified atom stereocenters. The van der Waals surface area contributed by atoms with Gasteiger partial charge in [0.05, 0.1) is 12.3 Å². The molecular weight excluding hydrogens is 242 g/mol. The second-order valence-electron chi connectivity index (χ2n) is 4.70. The Morgan fingerprint density at radius 2 is 2.21 bits per heavy atom. The number of hydrogen-bond donors (Lipinski definition) is 0.